The van der Waals surface area contributed by atoms with Crippen molar-refractivity contribution in [2.24, 2.45) is 0 Å². The second-order valence-corrected chi connectivity index (χ2v) is 5.65. The molecule has 2 heterocycles. The van der Waals surface area contributed by atoms with Crippen LogP contribution in [0.15, 0.2) is 18.2 Å². The van der Waals surface area contributed by atoms with Crippen molar-refractivity contribution in [1.82, 2.24) is 4.90 Å². The Hall–Kier alpha value is -1.02. The van der Waals surface area contributed by atoms with Crippen LogP contribution in [-0.2, 0) is 5.41 Å². The first-order valence-corrected chi connectivity index (χ1v) is 6.08. The van der Waals surface area contributed by atoms with E-state index in [1.165, 1.54) is 24.2 Å². The maximum Gasteiger partial charge on any atom is 0.0911 e. The Morgan fingerprint density at radius 3 is 2.81 bits per heavy atom. The summed E-state index contributed by atoms with van der Waals surface area (Å²) < 4.78 is 0. The molecule has 86 valence electrons. The maximum absolute atomic E-state index is 2.48. The van der Waals surface area contributed by atoms with Crippen LogP contribution in [0.1, 0.15) is 24.5 Å². The molecule has 0 aliphatic carbocycles. The molecule has 1 aromatic carbocycles. The van der Waals surface area contributed by atoms with Gasteiger partial charge in [0.15, 0.2) is 0 Å². The summed E-state index contributed by atoms with van der Waals surface area (Å²) in [5.41, 5.74) is 4.67. The molecule has 2 unspecified atom stereocenters. The van der Waals surface area contributed by atoms with Crippen molar-refractivity contribution in [2.75, 3.05) is 25.5 Å². The summed E-state index contributed by atoms with van der Waals surface area (Å²) in [5.74, 6) is 0. The topological polar surface area (TPSA) is 6.48 Å². The Morgan fingerprint density at radius 1 is 1.31 bits per heavy atom. The minimum absolute atomic E-state index is 0.324. The molecule has 16 heavy (non-hydrogen) atoms. The lowest BCUT2D eigenvalue weighted by atomic mass is 9.81. The Labute approximate surface area is 97.9 Å². The minimum atomic E-state index is 0.324. The van der Waals surface area contributed by atoms with E-state index in [0.29, 0.717) is 11.6 Å². The first kappa shape index (κ1) is 10.2. The van der Waals surface area contributed by atoms with Gasteiger partial charge in [0.2, 0.25) is 0 Å². The average Bonchev–Trinajstić information content (AvgIpc) is 2.65. The largest absolute Gasteiger partial charge is 0.358 e. The van der Waals surface area contributed by atoms with Crippen LogP contribution >= 0.6 is 0 Å². The second-order valence-electron chi connectivity index (χ2n) is 5.65. The van der Waals surface area contributed by atoms with Crippen LogP contribution < -0.4 is 4.90 Å². The Kier molecular flexibility index (Phi) is 1.91. The average molecular weight is 216 g/mol. The van der Waals surface area contributed by atoms with Gasteiger partial charge in [-0.15, -0.1) is 0 Å². The van der Waals surface area contributed by atoms with Crippen LogP contribution in [0.3, 0.4) is 0 Å². The van der Waals surface area contributed by atoms with Crippen molar-refractivity contribution < 1.29 is 0 Å². The molecule has 1 aromatic rings. The molecule has 0 aromatic heterocycles. The van der Waals surface area contributed by atoms with Gasteiger partial charge in [-0.3, -0.25) is 4.90 Å². The van der Waals surface area contributed by atoms with Crippen LogP contribution in [0, 0.1) is 6.92 Å². The molecular formula is C14H20N2. The van der Waals surface area contributed by atoms with Gasteiger partial charge in [0.05, 0.1) is 6.17 Å². The molecule has 1 saturated heterocycles. The van der Waals surface area contributed by atoms with E-state index >= 15 is 0 Å². The predicted octanol–water partition coefficient (Wildman–Crippen LogP) is 2.36. The van der Waals surface area contributed by atoms with Crippen LogP contribution in [0.25, 0.3) is 0 Å². The zero-order valence-electron chi connectivity index (χ0n) is 10.6. The van der Waals surface area contributed by atoms with Crippen molar-refractivity contribution in [2.45, 2.75) is 31.8 Å². The Bertz CT molecular complexity index is 440. The lowest BCUT2D eigenvalue weighted by Crippen LogP contribution is -2.45. The normalized spacial score (nSPS) is 33.0. The van der Waals surface area contributed by atoms with Crippen LogP contribution in [0.4, 0.5) is 5.69 Å². The van der Waals surface area contributed by atoms with E-state index < -0.39 is 0 Å². The van der Waals surface area contributed by atoms with Gasteiger partial charge in [-0.2, -0.15) is 0 Å². The quantitative estimate of drug-likeness (QED) is 0.657. The number of rotatable bonds is 0. The van der Waals surface area contributed by atoms with E-state index in [2.05, 4.69) is 55.9 Å². The SMILES string of the molecule is Cc1ccc2c(c1)C1(C)CCN(C)C1N2C. The molecule has 0 bridgehead atoms. The molecule has 0 saturated carbocycles. The van der Waals surface area contributed by atoms with E-state index in [9.17, 15) is 0 Å². The van der Waals surface area contributed by atoms with Crippen LogP contribution in [0.5, 0.6) is 0 Å². The first-order chi connectivity index (χ1) is 7.54. The number of likely N-dealkylation sites (N-methyl/N-ethyl adjacent to an activating group) is 2. The van der Waals surface area contributed by atoms with Gasteiger partial charge in [-0.05, 0) is 32.0 Å². The third kappa shape index (κ3) is 1.06. The Balaban J connectivity index is 2.20. The molecule has 0 N–H and O–H groups in total. The Morgan fingerprint density at radius 2 is 2.06 bits per heavy atom. The zero-order valence-corrected chi connectivity index (χ0v) is 10.6. The van der Waals surface area contributed by atoms with E-state index in [4.69, 9.17) is 0 Å². The summed E-state index contributed by atoms with van der Waals surface area (Å²) in [6.45, 7) is 5.82. The minimum Gasteiger partial charge on any atom is -0.358 e. The lowest BCUT2D eigenvalue weighted by Gasteiger charge is -2.32. The highest BCUT2D eigenvalue weighted by Crippen LogP contribution is 2.50. The number of aryl methyl sites for hydroxylation is 1. The molecule has 2 aliphatic heterocycles. The highest BCUT2D eigenvalue weighted by atomic mass is 15.4. The summed E-state index contributed by atoms with van der Waals surface area (Å²) in [4.78, 5) is 4.93. The second kappa shape index (κ2) is 3.01. The van der Waals surface area contributed by atoms with Crippen molar-refractivity contribution in [3.63, 3.8) is 0 Å². The monoisotopic (exact) mass is 216 g/mol. The number of hydrogen-bond acceptors (Lipinski definition) is 2. The fraction of sp³-hybridized carbons (Fsp3) is 0.571. The van der Waals surface area contributed by atoms with Gasteiger partial charge >= 0.3 is 0 Å². The smallest absolute Gasteiger partial charge is 0.0911 e. The molecule has 0 amide bonds. The molecule has 2 aliphatic rings. The van der Waals surface area contributed by atoms with Crippen LogP contribution in [-0.4, -0.2) is 31.7 Å². The van der Waals surface area contributed by atoms with Gasteiger partial charge in [0, 0.05) is 24.7 Å². The molecular weight excluding hydrogens is 196 g/mol. The van der Waals surface area contributed by atoms with Crippen molar-refractivity contribution in [3.05, 3.63) is 29.3 Å². The number of anilines is 1. The van der Waals surface area contributed by atoms with Crippen molar-refractivity contribution >= 4 is 5.69 Å². The summed E-state index contributed by atoms with van der Waals surface area (Å²) in [6, 6.07) is 6.88. The fourth-order valence-corrected chi connectivity index (χ4v) is 3.69. The van der Waals surface area contributed by atoms with Gasteiger partial charge < -0.3 is 4.90 Å². The molecule has 0 radical (unpaired) electrons. The molecule has 2 atom stereocenters. The number of fused-ring (bicyclic) bond motifs is 3. The number of hydrogen-bond donors (Lipinski definition) is 0. The summed E-state index contributed by atoms with van der Waals surface area (Å²) in [6.07, 6.45) is 1.82. The highest BCUT2D eigenvalue weighted by Gasteiger charge is 2.51. The van der Waals surface area contributed by atoms with Gasteiger partial charge in [0.25, 0.3) is 0 Å². The first-order valence-electron chi connectivity index (χ1n) is 6.08. The molecule has 1 fully saturated rings. The fourth-order valence-electron chi connectivity index (χ4n) is 3.69. The van der Waals surface area contributed by atoms with Crippen molar-refractivity contribution in [1.29, 1.82) is 0 Å². The highest BCUT2D eigenvalue weighted by molar-refractivity contribution is 5.65. The maximum atomic E-state index is 2.48. The third-order valence-corrected chi connectivity index (χ3v) is 4.49. The van der Waals surface area contributed by atoms with E-state index in [0.717, 1.165) is 0 Å². The lowest BCUT2D eigenvalue weighted by molar-refractivity contribution is 0.268. The zero-order chi connectivity index (χ0) is 11.5. The molecule has 3 rings (SSSR count). The van der Waals surface area contributed by atoms with E-state index in [-0.39, 0.29) is 0 Å². The van der Waals surface area contributed by atoms with Gasteiger partial charge in [0.1, 0.15) is 0 Å². The number of benzene rings is 1. The standard InChI is InChI=1S/C14H20N2/c1-10-5-6-12-11(9-10)14(2)7-8-15(3)13(14)16(12)4/h5-6,9,13H,7-8H2,1-4H3. The third-order valence-electron chi connectivity index (χ3n) is 4.49. The summed E-state index contributed by atoms with van der Waals surface area (Å²) in [7, 11) is 4.47. The van der Waals surface area contributed by atoms with Crippen molar-refractivity contribution in [3.8, 4) is 0 Å². The van der Waals surface area contributed by atoms with Crippen LogP contribution in [0.2, 0.25) is 0 Å². The number of likely N-dealkylation sites (tertiary alicyclic amines) is 1. The molecule has 2 heteroatoms. The predicted molar refractivity (Wildman–Crippen MR) is 68.0 cm³/mol. The summed E-state index contributed by atoms with van der Waals surface area (Å²) in [5, 5.41) is 0. The molecule has 2 nitrogen and oxygen atoms in total. The van der Waals surface area contributed by atoms with E-state index in [1.807, 2.05) is 0 Å². The molecule has 0 spiro atoms. The van der Waals surface area contributed by atoms with Gasteiger partial charge in [-0.25, -0.2) is 0 Å². The van der Waals surface area contributed by atoms with Gasteiger partial charge in [-0.1, -0.05) is 24.6 Å². The number of nitrogens with zero attached hydrogens (tertiary/aromatic N) is 2. The van der Waals surface area contributed by atoms with E-state index in [1.54, 1.807) is 5.56 Å². The summed E-state index contributed by atoms with van der Waals surface area (Å²) >= 11 is 0.